The molecule has 0 radical (unpaired) electrons. The van der Waals surface area contributed by atoms with Gasteiger partial charge in [0, 0.05) is 36.4 Å². The fourth-order valence-electron chi connectivity index (χ4n) is 2.34. The van der Waals surface area contributed by atoms with Crippen LogP contribution in [0.2, 0.25) is 0 Å². The Kier molecular flexibility index (Phi) is 6.26. The molecule has 0 N–H and O–H groups in total. The maximum absolute atomic E-state index is 10.8. The smallest absolute Gasteiger partial charge is 0.490 e. The van der Waals surface area contributed by atoms with Crippen LogP contribution in [0.15, 0.2) is 72.8 Å². The Bertz CT molecular complexity index is 948. The molecule has 3 aromatic rings. The fourth-order valence-corrected chi connectivity index (χ4v) is 2.34. The van der Waals surface area contributed by atoms with Crippen molar-refractivity contribution in [2.45, 2.75) is 0 Å². The van der Waals surface area contributed by atoms with Crippen molar-refractivity contribution >= 4 is 24.4 Å². The van der Waals surface area contributed by atoms with Crippen molar-refractivity contribution in [3.8, 4) is 17.2 Å². The lowest BCUT2D eigenvalue weighted by Gasteiger charge is -2.16. The summed E-state index contributed by atoms with van der Waals surface area (Å²) >= 11 is 0. The minimum Gasteiger partial charge on any atom is -0.490 e. The second kappa shape index (κ2) is 9.22. The third-order valence-electron chi connectivity index (χ3n) is 3.84. The highest BCUT2D eigenvalue weighted by molar-refractivity contribution is 6.39. The first-order valence-electron chi connectivity index (χ1n) is 8.55. The molecule has 13 heteroatoms. The molecule has 0 aliphatic carbocycles. The van der Waals surface area contributed by atoms with Crippen LogP contribution in [0.5, 0.6) is 17.2 Å². The van der Waals surface area contributed by atoms with Gasteiger partial charge in [-0.15, -0.1) is 0 Å². The first-order valence-corrected chi connectivity index (χ1v) is 8.55. The predicted molar refractivity (Wildman–Crippen MR) is 107 cm³/mol. The van der Waals surface area contributed by atoms with Gasteiger partial charge >= 0.3 is 7.32 Å². The Morgan fingerprint density at radius 3 is 0.903 bits per heavy atom. The molecule has 0 aliphatic rings. The molecule has 0 bridgehead atoms. The minimum absolute atomic E-state index is 0.142. The van der Waals surface area contributed by atoms with E-state index in [0.717, 1.165) is 0 Å². The van der Waals surface area contributed by atoms with E-state index >= 15 is 0 Å². The third kappa shape index (κ3) is 5.66. The average Bonchev–Trinajstić information content (AvgIpc) is 2.75. The molecule has 3 rings (SSSR count). The van der Waals surface area contributed by atoms with Crippen LogP contribution < -0.4 is 14.0 Å². The Hall–Kier alpha value is -4.68. The van der Waals surface area contributed by atoms with E-state index in [0.29, 0.717) is 0 Å². The fraction of sp³-hybridized carbons (Fsp3) is 0. The first-order chi connectivity index (χ1) is 14.8. The molecule has 0 saturated heterocycles. The van der Waals surface area contributed by atoms with Gasteiger partial charge in [-0.3, -0.25) is 30.3 Å². The van der Waals surface area contributed by atoms with Gasteiger partial charge in [0.05, 0.1) is 14.8 Å². The van der Waals surface area contributed by atoms with E-state index in [4.69, 9.17) is 14.0 Å². The minimum atomic E-state index is -1.41. The summed E-state index contributed by atoms with van der Waals surface area (Å²) in [6.07, 6.45) is 0. The van der Waals surface area contributed by atoms with Gasteiger partial charge in [0.25, 0.3) is 17.1 Å². The number of nitrogens with zero attached hydrogens (tertiary/aromatic N) is 3. The van der Waals surface area contributed by atoms with Crippen molar-refractivity contribution in [1.29, 1.82) is 0 Å². The van der Waals surface area contributed by atoms with Crippen molar-refractivity contribution in [1.82, 2.24) is 0 Å². The second-order valence-corrected chi connectivity index (χ2v) is 5.90. The van der Waals surface area contributed by atoms with Crippen molar-refractivity contribution in [3.63, 3.8) is 0 Å². The molecule has 0 aromatic heterocycles. The number of nitro benzene ring substituents is 3. The summed E-state index contributed by atoms with van der Waals surface area (Å²) in [5, 5.41) is 32.4. The molecule has 0 amide bonds. The van der Waals surface area contributed by atoms with Crippen LogP contribution in [0, 0.1) is 30.3 Å². The monoisotopic (exact) mass is 425 g/mol. The summed E-state index contributed by atoms with van der Waals surface area (Å²) in [7, 11) is -1.41. The lowest BCUT2D eigenvalue weighted by atomic mass is 10.2. The van der Waals surface area contributed by atoms with Crippen molar-refractivity contribution in [2.24, 2.45) is 0 Å². The molecular weight excluding hydrogens is 413 g/mol. The van der Waals surface area contributed by atoms with E-state index in [9.17, 15) is 30.3 Å². The van der Waals surface area contributed by atoms with Crippen molar-refractivity contribution in [3.05, 3.63) is 103 Å². The highest BCUT2D eigenvalue weighted by Gasteiger charge is 2.31. The lowest BCUT2D eigenvalue weighted by Crippen LogP contribution is -2.36. The van der Waals surface area contributed by atoms with Crippen LogP contribution in [0.25, 0.3) is 0 Å². The van der Waals surface area contributed by atoms with Gasteiger partial charge in [-0.2, -0.15) is 0 Å². The average molecular weight is 425 g/mol. The third-order valence-corrected chi connectivity index (χ3v) is 3.84. The summed E-state index contributed by atoms with van der Waals surface area (Å²) in [6.45, 7) is 0. The zero-order valence-electron chi connectivity index (χ0n) is 15.5. The summed E-state index contributed by atoms with van der Waals surface area (Å²) in [6, 6.07) is 15.4. The number of hydrogen-bond acceptors (Lipinski definition) is 9. The molecule has 156 valence electrons. The molecular formula is C18H12BN3O9. The highest BCUT2D eigenvalue weighted by Crippen LogP contribution is 2.23. The van der Waals surface area contributed by atoms with Crippen LogP contribution in [-0.2, 0) is 0 Å². The van der Waals surface area contributed by atoms with Crippen LogP contribution in [0.4, 0.5) is 17.1 Å². The van der Waals surface area contributed by atoms with E-state index in [1.54, 1.807) is 0 Å². The quantitative estimate of drug-likeness (QED) is 0.281. The SMILES string of the molecule is O=[N+]([O-])c1ccc(OB(Oc2ccc([N+](=O)[O-])cc2)Oc2ccc([N+](=O)[O-])cc2)cc1. The topological polar surface area (TPSA) is 157 Å². The molecule has 0 unspecified atom stereocenters. The van der Waals surface area contributed by atoms with E-state index < -0.39 is 22.1 Å². The summed E-state index contributed by atoms with van der Waals surface area (Å²) in [5.41, 5.74) is -0.426. The number of non-ortho nitro benzene ring substituents is 3. The Morgan fingerprint density at radius 1 is 0.484 bits per heavy atom. The standard InChI is InChI=1S/C18H12BN3O9/c23-20(24)13-1-7-16(8-2-13)29-19(30-17-9-3-14(4-10-17)21(25)26)31-18-11-5-15(6-12-18)22(27)28/h1-12H. The number of benzene rings is 3. The lowest BCUT2D eigenvalue weighted by molar-refractivity contribution is -0.385. The maximum atomic E-state index is 10.8. The van der Waals surface area contributed by atoms with Crippen LogP contribution in [-0.4, -0.2) is 22.1 Å². The zero-order chi connectivity index (χ0) is 22.4. The Morgan fingerprint density at radius 2 is 0.710 bits per heavy atom. The molecule has 0 heterocycles. The van der Waals surface area contributed by atoms with Gasteiger partial charge in [0.1, 0.15) is 17.2 Å². The molecule has 0 atom stereocenters. The molecule has 3 aromatic carbocycles. The second-order valence-electron chi connectivity index (χ2n) is 5.90. The summed E-state index contributed by atoms with van der Waals surface area (Å²) < 4.78 is 16.7. The van der Waals surface area contributed by atoms with Crippen LogP contribution in [0.3, 0.4) is 0 Å². The highest BCUT2D eigenvalue weighted by atomic mass is 16.7. The van der Waals surface area contributed by atoms with Crippen LogP contribution in [0.1, 0.15) is 0 Å². The van der Waals surface area contributed by atoms with E-state index in [1.165, 1.54) is 72.8 Å². The maximum Gasteiger partial charge on any atom is 0.864 e. The van der Waals surface area contributed by atoms with E-state index in [1.807, 2.05) is 0 Å². The van der Waals surface area contributed by atoms with Crippen molar-refractivity contribution < 1.29 is 28.7 Å². The molecule has 0 saturated carbocycles. The normalized spacial score (nSPS) is 10.1. The summed E-state index contributed by atoms with van der Waals surface area (Å²) in [5.74, 6) is 0.540. The van der Waals surface area contributed by atoms with E-state index in [2.05, 4.69) is 0 Å². The van der Waals surface area contributed by atoms with E-state index in [-0.39, 0.29) is 34.3 Å². The summed E-state index contributed by atoms with van der Waals surface area (Å²) in [4.78, 5) is 30.7. The number of nitro groups is 3. The molecule has 0 spiro atoms. The van der Waals surface area contributed by atoms with Crippen LogP contribution >= 0.6 is 0 Å². The van der Waals surface area contributed by atoms with Crippen molar-refractivity contribution in [2.75, 3.05) is 0 Å². The van der Waals surface area contributed by atoms with Gasteiger partial charge < -0.3 is 14.0 Å². The zero-order valence-corrected chi connectivity index (χ0v) is 15.5. The molecule has 0 fully saturated rings. The van der Waals surface area contributed by atoms with Gasteiger partial charge in [-0.05, 0) is 36.4 Å². The van der Waals surface area contributed by atoms with Gasteiger partial charge in [0.2, 0.25) is 0 Å². The van der Waals surface area contributed by atoms with Gasteiger partial charge in [-0.1, -0.05) is 0 Å². The van der Waals surface area contributed by atoms with Gasteiger partial charge in [-0.25, -0.2) is 0 Å². The van der Waals surface area contributed by atoms with Gasteiger partial charge in [0.15, 0.2) is 0 Å². The Labute approximate surface area is 174 Å². The number of hydrogen-bond donors (Lipinski definition) is 0. The molecule has 0 aliphatic heterocycles. The molecule has 31 heavy (non-hydrogen) atoms. The Balaban J connectivity index is 1.80. The predicted octanol–water partition coefficient (Wildman–Crippen LogP) is 3.93. The molecule has 12 nitrogen and oxygen atoms in total. The number of rotatable bonds is 9. The largest absolute Gasteiger partial charge is 0.864 e. The first kappa shape index (κ1) is 21.0.